The molecule has 0 aromatic rings. The van der Waals surface area contributed by atoms with E-state index in [2.05, 4.69) is 67.7 Å². The summed E-state index contributed by atoms with van der Waals surface area (Å²) in [5.74, 6) is -0.163. The summed E-state index contributed by atoms with van der Waals surface area (Å²) in [6.45, 7) is 22.3. The topological polar surface area (TPSA) is 44.8 Å². The van der Waals surface area contributed by atoms with Crippen molar-refractivity contribution in [1.29, 1.82) is 0 Å². The lowest BCUT2D eigenvalue weighted by molar-refractivity contribution is -0.153. The first-order chi connectivity index (χ1) is 11.0. The molecular formula is C19H38O4Si2. The quantitative estimate of drug-likeness (QED) is 0.489. The highest BCUT2D eigenvalue weighted by atomic mass is 28.4. The van der Waals surface area contributed by atoms with Crippen LogP contribution in [0.5, 0.6) is 0 Å². The third-order valence-electron chi connectivity index (χ3n) is 6.92. The lowest BCUT2D eigenvalue weighted by Gasteiger charge is -2.45. The third kappa shape index (κ3) is 3.92. The maximum absolute atomic E-state index is 12.7. The summed E-state index contributed by atoms with van der Waals surface area (Å²) in [4.78, 5) is 12.7. The van der Waals surface area contributed by atoms with Gasteiger partial charge >= 0.3 is 5.97 Å². The molecule has 0 radical (unpaired) electrons. The van der Waals surface area contributed by atoms with Crippen LogP contribution < -0.4 is 0 Å². The zero-order valence-electron chi connectivity index (χ0n) is 17.9. The highest BCUT2D eigenvalue weighted by Gasteiger charge is 2.60. The predicted molar refractivity (Wildman–Crippen MR) is 107 cm³/mol. The van der Waals surface area contributed by atoms with Gasteiger partial charge in [0.15, 0.2) is 22.2 Å². The Kier molecular flexibility index (Phi) is 5.22. The summed E-state index contributed by atoms with van der Waals surface area (Å²) >= 11 is 0. The molecule has 2 rings (SSSR count). The van der Waals surface area contributed by atoms with Crippen LogP contribution in [0.25, 0.3) is 0 Å². The van der Waals surface area contributed by atoms with Gasteiger partial charge in [-0.15, -0.1) is 0 Å². The molecule has 6 heteroatoms. The number of carbonyl (C=O) groups is 1. The highest BCUT2D eigenvalue weighted by Crippen LogP contribution is 2.49. The van der Waals surface area contributed by atoms with Crippen molar-refractivity contribution in [3.8, 4) is 0 Å². The van der Waals surface area contributed by atoms with E-state index in [9.17, 15) is 4.79 Å². The summed E-state index contributed by atoms with van der Waals surface area (Å²) < 4.78 is 19.0. The molecule has 1 saturated carbocycles. The molecule has 3 atom stereocenters. The molecule has 2 fully saturated rings. The van der Waals surface area contributed by atoms with Gasteiger partial charge in [-0.2, -0.15) is 0 Å². The van der Waals surface area contributed by atoms with E-state index in [-0.39, 0.29) is 28.3 Å². The van der Waals surface area contributed by atoms with Crippen molar-refractivity contribution in [2.24, 2.45) is 0 Å². The Labute approximate surface area is 156 Å². The van der Waals surface area contributed by atoms with Crippen LogP contribution in [0.15, 0.2) is 0 Å². The van der Waals surface area contributed by atoms with Crippen LogP contribution in [0.3, 0.4) is 0 Å². The van der Waals surface area contributed by atoms with Gasteiger partial charge < -0.3 is 13.6 Å². The van der Waals surface area contributed by atoms with Crippen molar-refractivity contribution in [1.82, 2.24) is 0 Å². The number of hydrogen-bond acceptors (Lipinski definition) is 4. The lowest BCUT2D eigenvalue weighted by atomic mass is 9.84. The van der Waals surface area contributed by atoms with Gasteiger partial charge in [0.25, 0.3) is 0 Å². The van der Waals surface area contributed by atoms with E-state index in [4.69, 9.17) is 13.6 Å². The number of esters is 1. The molecule has 0 spiro atoms. The fraction of sp³-hybridized carbons (Fsp3) is 0.947. The summed E-state index contributed by atoms with van der Waals surface area (Å²) in [7, 11) is -3.91. The molecule has 146 valence electrons. The van der Waals surface area contributed by atoms with Gasteiger partial charge in [-0.1, -0.05) is 41.5 Å². The van der Waals surface area contributed by atoms with E-state index in [1.54, 1.807) is 0 Å². The predicted octanol–water partition coefficient (Wildman–Crippen LogP) is 5.25. The lowest BCUT2D eigenvalue weighted by Crippen LogP contribution is -2.54. The smallest absolute Gasteiger partial charge is 0.337 e. The largest absolute Gasteiger partial charge is 0.457 e. The number of ether oxygens (including phenoxy) is 1. The SMILES string of the molecule is CC(C)(C)[Si](C)(C)OC1CCC2(O[Si](C)(C)C(C)(C)C)CC1OC2=O. The van der Waals surface area contributed by atoms with Crippen molar-refractivity contribution in [2.45, 2.75) is 115 Å². The molecule has 4 nitrogen and oxygen atoms in total. The Morgan fingerprint density at radius 2 is 1.52 bits per heavy atom. The van der Waals surface area contributed by atoms with Gasteiger partial charge in [0, 0.05) is 6.42 Å². The zero-order chi connectivity index (χ0) is 19.5. The summed E-state index contributed by atoms with van der Waals surface area (Å²) in [5, 5.41) is 0.233. The van der Waals surface area contributed by atoms with E-state index in [1.165, 1.54) is 0 Å². The van der Waals surface area contributed by atoms with E-state index >= 15 is 0 Å². The second-order valence-electron chi connectivity index (χ2n) is 11.0. The molecule has 1 saturated heterocycles. The van der Waals surface area contributed by atoms with Crippen LogP contribution in [-0.2, 0) is 18.4 Å². The molecule has 2 aliphatic rings. The monoisotopic (exact) mass is 386 g/mol. The van der Waals surface area contributed by atoms with Gasteiger partial charge in [0.1, 0.15) is 6.10 Å². The van der Waals surface area contributed by atoms with E-state index < -0.39 is 22.2 Å². The standard InChI is InChI=1S/C19H38O4Si2/c1-17(2,3)24(7,8)22-14-11-12-19(13-15(14)21-16(19)20)23-25(9,10)18(4,5)6/h14-15H,11-13H2,1-10H3. The molecule has 0 aromatic carbocycles. The highest BCUT2D eigenvalue weighted by molar-refractivity contribution is 6.74. The van der Waals surface area contributed by atoms with Crippen molar-refractivity contribution >= 4 is 22.6 Å². The molecule has 25 heavy (non-hydrogen) atoms. The maximum Gasteiger partial charge on any atom is 0.337 e. The summed E-state index contributed by atoms with van der Waals surface area (Å²) in [6, 6.07) is 0. The first kappa shape index (κ1) is 21.1. The Morgan fingerprint density at radius 3 is 2.00 bits per heavy atom. The Hall–Kier alpha value is -0.176. The average Bonchev–Trinajstić information content (AvgIpc) is 2.63. The molecule has 3 unspecified atom stereocenters. The molecule has 2 bridgehead atoms. The molecular weight excluding hydrogens is 348 g/mol. The number of fused-ring (bicyclic) bond motifs is 2. The van der Waals surface area contributed by atoms with Crippen LogP contribution >= 0.6 is 0 Å². The van der Waals surface area contributed by atoms with Gasteiger partial charge in [0.05, 0.1) is 6.10 Å². The first-order valence-electron chi connectivity index (χ1n) is 9.60. The number of carbonyl (C=O) groups excluding carboxylic acids is 1. The summed E-state index contributed by atoms with van der Waals surface area (Å²) in [6.07, 6.45) is 2.08. The molecule has 0 amide bonds. The van der Waals surface area contributed by atoms with Crippen molar-refractivity contribution < 1.29 is 18.4 Å². The summed E-state index contributed by atoms with van der Waals surface area (Å²) in [5.41, 5.74) is -0.735. The van der Waals surface area contributed by atoms with Crippen LogP contribution in [0.4, 0.5) is 0 Å². The van der Waals surface area contributed by atoms with Crippen LogP contribution in [0, 0.1) is 0 Å². The minimum absolute atomic E-state index is 0.0171. The first-order valence-corrected chi connectivity index (χ1v) is 15.4. The fourth-order valence-electron chi connectivity index (χ4n) is 3.13. The molecule has 1 aliphatic heterocycles. The molecule has 0 aromatic heterocycles. The second-order valence-corrected chi connectivity index (χ2v) is 20.4. The Bertz CT molecular complexity index is 531. The Balaban J connectivity index is 2.15. The van der Waals surface area contributed by atoms with Gasteiger partial charge in [-0.05, 0) is 49.1 Å². The normalized spacial score (nSPS) is 31.2. The Morgan fingerprint density at radius 1 is 1.00 bits per heavy atom. The zero-order valence-corrected chi connectivity index (χ0v) is 19.9. The molecule has 1 aliphatic carbocycles. The van der Waals surface area contributed by atoms with Crippen LogP contribution in [0.2, 0.25) is 36.3 Å². The number of hydrogen-bond donors (Lipinski definition) is 0. The van der Waals surface area contributed by atoms with Gasteiger partial charge in [-0.25, -0.2) is 4.79 Å². The van der Waals surface area contributed by atoms with Crippen LogP contribution in [0.1, 0.15) is 60.8 Å². The molecule has 0 N–H and O–H groups in total. The van der Waals surface area contributed by atoms with Crippen LogP contribution in [-0.4, -0.2) is 40.4 Å². The van der Waals surface area contributed by atoms with Crippen molar-refractivity contribution in [3.63, 3.8) is 0 Å². The second kappa shape index (κ2) is 6.18. The molecule has 1 heterocycles. The third-order valence-corrected chi connectivity index (χ3v) is 15.9. The van der Waals surface area contributed by atoms with E-state index in [0.717, 1.165) is 6.42 Å². The van der Waals surface area contributed by atoms with E-state index in [1.807, 2.05) is 0 Å². The minimum atomic E-state index is -2.03. The van der Waals surface area contributed by atoms with E-state index in [0.29, 0.717) is 12.8 Å². The fourth-order valence-corrected chi connectivity index (χ4v) is 6.07. The van der Waals surface area contributed by atoms with Crippen molar-refractivity contribution in [2.75, 3.05) is 0 Å². The minimum Gasteiger partial charge on any atom is -0.457 e. The maximum atomic E-state index is 12.7. The van der Waals surface area contributed by atoms with Gasteiger partial charge in [-0.3, -0.25) is 0 Å². The number of rotatable bonds is 4. The van der Waals surface area contributed by atoms with Gasteiger partial charge in [0.2, 0.25) is 0 Å². The van der Waals surface area contributed by atoms with Crippen molar-refractivity contribution in [3.05, 3.63) is 0 Å². The average molecular weight is 387 g/mol.